The Balaban J connectivity index is 1.68. The molecule has 0 N–H and O–H groups in total. The molecular weight excluding hydrogens is 352 g/mol. The molecule has 0 heterocycles. The molecule has 148 valence electrons. The van der Waals surface area contributed by atoms with E-state index in [1.165, 1.54) is 18.4 Å². The van der Waals surface area contributed by atoms with Crippen LogP contribution in [0.2, 0.25) is 0 Å². The van der Waals surface area contributed by atoms with Crippen LogP contribution in [0.15, 0.2) is 24.3 Å². The molecule has 0 aromatic carbocycles. The van der Waals surface area contributed by atoms with Gasteiger partial charge in [0.25, 0.3) is 0 Å². The molecule has 3 heteroatoms. The summed E-state index contributed by atoms with van der Waals surface area (Å²) in [6, 6.07) is 0. The standard InChI is InChI=1S/C24H34O2S/c1-4-6-16-13-21-19-8-7-17-14-18(25)9-12-24(17,15-27-5-2)20(19)10-11-23(21,3)22(16)26/h4,14,16,19-21H,1,5-13,15H2,2-3H3/t16-,19-,20+,21+,23+,24-/m1/s1. The number of fused-ring (bicyclic) bond motifs is 5. The molecule has 0 unspecified atom stereocenters. The molecule has 27 heavy (non-hydrogen) atoms. The second-order valence-corrected chi connectivity index (χ2v) is 10.9. The second-order valence-electron chi connectivity index (χ2n) is 9.62. The number of carbonyl (C=O) groups excluding carboxylic acids is 2. The van der Waals surface area contributed by atoms with E-state index < -0.39 is 0 Å². The Kier molecular flexibility index (Phi) is 5.20. The number of allylic oxidation sites excluding steroid dienone is 2. The van der Waals surface area contributed by atoms with Crippen LogP contribution in [0.25, 0.3) is 0 Å². The molecule has 0 aliphatic heterocycles. The molecule has 0 radical (unpaired) electrons. The van der Waals surface area contributed by atoms with Crippen LogP contribution in [-0.2, 0) is 9.59 Å². The lowest BCUT2D eigenvalue weighted by atomic mass is 9.47. The third-order valence-corrected chi connectivity index (χ3v) is 9.69. The summed E-state index contributed by atoms with van der Waals surface area (Å²) in [6.07, 6.45) is 12.1. The van der Waals surface area contributed by atoms with Gasteiger partial charge in [-0.2, -0.15) is 11.8 Å². The third kappa shape index (κ3) is 2.91. The molecule has 4 rings (SSSR count). The summed E-state index contributed by atoms with van der Waals surface area (Å²) in [5.41, 5.74) is 1.56. The molecule has 0 bridgehead atoms. The van der Waals surface area contributed by atoms with Crippen LogP contribution in [0, 0.1) is 34.5 Å². The maximum absolute atomic E-state index is 13.2. The summed E-state index contributed by atoms with van der Waals surface area (Å²) in [6.45, 7) is 8.40. The third-order valence-electron chi connectivity index (χ3n) is 8.56. The number of carbonyl (C=O) groups is 2. The van der Waals surface area contributed by atoms with Gasteiger partial charge in [-0.15, -0.1) is 6.58 Å². The van der Waals surface area contributed by atoms with Crippen molar-refractivity contribution in [2.24, 2.45) is 34.5 Å². The largest absolute Gasteiger partial charge is 0.299 e. The van der Waals surface area contributed by atoms with Crippen molar-refractivity contribution in [3.05, 3.63) is 24.3 Å². The van der Waals surface area contributed by atoms with Gasteiger partial charge in [0.05, 0.1) is 0 Å². The normalized spacial score (nSPS) is 43.6. The Bertz CT molecular complexity index is 680. The van der Waals surface area contributed by atoms with E-state index in [1.807, 2.05) is 23.9 Å². The average molecular weight is 387 g/mol. The number of thioether (sulfide) groups is 1. The van der Waals surface area contributed by atoms with Crippen LogP contribution in [0.3, 0.4) is 0 Å². The van der Waals surface area contributed by atoms with Gasteiger partial charge in [0.15, 0.2) is 5.78 Å². The molecule has 2 nitrogen and oxygen atoms in total. The summed E-state index contributed by atoms with van der Waals surface area (Å²) in [5, 5.41) is 0. The minimum Gasteiger partial charge on any atom is -0.299 e. The fraction of sp³-hybridized carbons (Fsp3) is 0.750. The van der Waals surface area contributed by atoms with Gasteiger partial charge in [-0.25, -0.2) is 0 Å². The van der Waals surface area contributed by atoms with Crippen molar-refractivity contribution in [1.29, 1.82) is 0 Å². The molecule has 0 saturated heterocycles. The van der Waals surface area contributed by atoms with Crippen molar-refractivity contribution in [2.45, 2.75) is 65.2 Å². The maximum Gasteiger partial charge on any atom is 0.155 e. The van der Waals surface area contributed by atoms with Gasteiger partial charge in [-0.05, 0) is 74.5 Å². The lowest BCUT2D eigenvalue weighted by Gasteiger charge is -2.58. The second kappa shape index (κ2) is 7.21. The fourth-order valence-electron chi connectivity index (χ4n) is 7.26. The predicted molar refractivity (Wildman–Crippen MR) is 113 cm³/mol. The first-order chi connectivity index (χ1) is 13.0. The lowest BCUT2D eigenvalue weighted by Crippen LogP contribution is -2.52. The monoisotopic (exact) mass is 386 g/mol. The quantitative estimate of drug-likeness (QED) is 0.575. The minimum atomic E-state index is -0.111. The number of ketones is 2. The summed E-state index contributed by atoms with van der Waals surface area (Å²) in [5.74, 6) is 5.21. The van der Waals surface area contributed by atoms with Gasteiger partial charge in [-0.3, -0.25) is 9.59 Å². The Hall–Kier alpha value is -0.830. The highest BCUT2D eigenvalue weighted by Gasteiger charge is 2.61. The average Bonchev–Trinajstić information content (AvgIpc) is 2.92. The molecule has 4 aliphatic rings. The van der Waals surface area contributed by atoms with Crippen molar-refractivity contribution >= 4 is 23.3 Å². The highest BCUT2D eigenvalue weighted by molar-refractivity contribution is 7.99. The van der Waals surface area contributed by atoms with Gasteiger partial charge < -0.3 is 0 Å². The van der Waals surface area contributed by atoms with Gasteiger partial charge in [0.2, 0.25) is 0 Å². The van der Waals surface area contributed by atoms with Crippen LogP contribution >= 0.6 is 11.8 Å². The number of hydrogen-bond acceptors (Lipinski definition) is 3. The molecule has 0 aromatic rings. The zero-order chi connectivity index (χ0) is 19.2. The van der Waals surface area contributed by atoms with E-state index >= 15 is 0 Å². The maximum atomic E-state index is 13.2. The highest BCUT2D eigenvalue weighted by Crippen LogP contribution is 2.66. The smallest absolute Gasteiger partial charge is 0.155 e. The van der Waals surface area contributed by atoms with Gasteiger partial charge in [0.1, 0.15) is 5.78 Å². The molecule has 3 saturated carbocycles. The topological polar surface area (TPSA) is 34.1 Å². The highest BCUT2D eigenvalue weighted by atomic mass is 32.2. The summed E-state index contributed by atoms with van der Waals surface area (Å²) < 4.78 is 0. The van der Waals surface area contributed by atoms with Crippen LogP contribution in [-0.4, -0.2) is 23.1 Å². The van der Waals surface area contributed by atoms with E-state index in [1.54, 1.807) is 0 Å². The van der Waals surface area contributed by atoms with Gasteiger partial charge >= 0.3 is 0 Å². The Morgan fingerprint density at radius 1 is 1.22 bits per heavy atom. The first-order valence-electron chi connectivity index (χ1n) is 10.9. The Morgan fingerprint density at radius 2 is 2.04 bits per heavy atom. The van der Waals surface area contributed by atoms with Crippen LogP contribution in [0.4, 0.5) is 0 Å². The van der Waals surface area contributed by atoms with Gasteiger partial charge in [-0.1, -0.05) is 25.5 Å². The van der Waals surface area contributed by atoms with Crippen molar-refractivity contribution in [3.63, 3.8) is 0 Å². The molecule has 0 amide bonds. The summed E-state index contributed by atoms with van der Waals surface area (Å²) in [4.78, 5) is 25.3. The first kappa shape index (κ1) is 19.5. The fourth-order valence-corrected chi connectivity index (χ4v) is 8.37. The molecule has 0 spiro atoms. The summed E-state index contributed by atoms with van der Waals surface area (Å²) >= 11 is 2.05. The summed E-state index contributed by atoms with van der Waals surface area (Å²) in [7, 11) is 0. The van der Waals surface area contributed by atoms with E-state index in [0.29, 0.717) is 29.3 Å². The van der Waals surface area contributed by atoms with Gasteiger partial charge in [0, 0.05) is 28.9 Å². The van der Waals surface area contributed by atoms with Crippen LogP contribution in [0.5, 0.6) is 0 Å². The minimum absolute atomic E-state index is 0.111. The van der Waals surface area contributed by atoms with Crippen LogP contribution < -0.4 is 0 Å². The Morgan fingerprint density at radius 3 is 2.78 bits per heavy atom. The van der Waals surface area contributed by atoms with Crippen molar-refractivity contribution < 1.29 is 9.59 Å². The first-order valence-corrected chi connectivity index (χ1v) is 12.1. The molecule has 4 aliphatic carbocycles. The lowest BCUT2D eigenvalue weighted by molar-refractivity contribution is -0.134. The van der Waals surface area contributed by atoms with Crippen molar-refractivity contribution in [2.75, 3.05) is 11.5 Å². The number of rotatable bonds is 5. The number of hydrogen-bond donors (Lipinski definition) is 0. The molecule has 3 fully saturated rings. The van der Waals surface area contributed by atoms with Crippen LogP contribution in [0.1, 0.15) is 65.2 Å². The van der Waals surface area contributed by atoms with Crippen molar-refractivity contribution in [1.82, 2.24) is 0 Å². The number of Topliss-reactive ketones (excluding diaryl/α,β-unsaturated/α-hetero) is 1. The van der Waals surface area contributed by atoms with E-state index in [-0.39, 0.29) is 16.7 Å². The van der Waals surface area contributed by atoms with E-state index in [4.69, 9.17) is 0 Å². The molecule has 0 aromatic heterocycles. The SMILES string of the molecule is C=CC[C@@H]1C[C@H]2[C@@H]3CCC4=CC(=O)CC[C@]4(CSCC)[C@H]3CC[C@]2(C)C1=O. The van der Waals surface area contributed by atoms with E-state index in [0.717, 1.165) is 50.0 Å². The zero-order valence-electron chi connectivity index (χ0n) is 17.0. The van der Waals surface area contributed by atoms with E-state index in [2.05, 4.69) is 20.4 Å². The van der Waals surface area contributed by atoms with E-state index in [9.17, 15) is 9.59 Å². The zero-order valence-corrected chi connectivity index (χ0v) is 17.8. The Labute approximate surface area is 168 Å². The molecule has 6 atom stereocenters. The predicted octanol–water partition coefficient (Wildman–Crippen LogP) is 5.62. The van der Waals surface area contributed by atoms with Crippen molar-refractivity contribution in [3.8, 4) is 0 Å². The molecular formula is C24H34O2S.